The summed E-state index contributed by atoms with van der Waals surface area (Å²) in [5.41, 5.74) is 4.28. The summed E-state index contributed by atoms with van der Waals surface area (Å²) in [6, 6.07) is 22.0. The quantitative estimate of drug-likeness (QED) is 0.525. The van der Waals surface area contributed by atoms with Gasteiger partial charge in [0.2, 0.25) is 6.79 Å². The van der Waals surface area contributed by atoms with Gasteiger partial charge >= 0.3 is 0 Å². The number of anilines is 1. The van der Waals surface area contributed by atoms with Crippen LogP contribution in [0.25, 0.3) is 0 Å². The topological polar surface area (TPSA) is 33.7 Å². The molecule has 1 aliphatic heterocycles. The van der Waals surface area contributed by atoms with Gasteiger partial charge in [-0.1, -0.05) is 48.0 Å². The Hall–Kier alpha value is -2.76. The number of ether oxygens (including phenoxy) is 2. The lowest BCUT2D eigenvalue weighted by Crippen LogP contribution is -2.34. The molecular weight excluding hydrogens is 404 g/mol. The maximum absolute atomic E-state index is 6.08. The van der Waals surface area contributed by atoms with Crippen LogP contribution < -0.4 is 14.8 Å². The highest BCUT2D eigenvalue weighted by molar-refractivity contribution is 7.80. The molecule has 1 heterocycles. The molecule has 6 heteroatoms. The van der Waals surface area contributed by atoms with Crippen LogP contribution in [-0.2, 0) is 13.1 Å². The third-order valence-electron chi connectivity index (χ3n) is 4.74. The molecule has 1 N–H and O–H groups in total. The fourth-order valence-electron chi connectivity index (χ4n) is 3.22. The Labute approximate surface area is 181 Å². The van der Waals surface area contributed by atoms with Crippen molar-refractivity contribution in [2.75, 3.05) is 12.1 Å². The molecule has 0 amide bonds. The van der Waals surface area contributed by atoms with Crippen molar-refractivity contribution >= 4 is 34.6 Å². The predicted octanol–water partition coefficient (Wildman–Crippen LogP) is 5.78. The van der Waals surface area contributed by atoms with E-state index in [-0.39, 0.29) is 6.79 Å². The highest BCUT2D eigenvalue weighted by Gasteiger charge is 2.17. The van der Waals surface area contributed by atoms with Gasteiger partial charge in [0.05, 0.1) is 0 Å². The molecule has 29 heavy (non-hydrogen) atoms. The molecule has 3 aromatic carbocycles. The molecule has 0 unspecified atom stereocenters. The van der Waals surface area contributed by atoms with E-state index in [0.29, 0.717) is 23.2 Å². The van der Waals surface area contributed by atoms with Gasteiger partial charge in [-0.15, -0.1) is 0 Å². The van der Waals surface area contributed by atoms with Crippen LogP contribution in [0.1, 0.15) is 16.7 Å². The minimum absolute atomic E-state index is 0.266. The molecule has 0 aliphatic carbocycles. The van der Waals surface area contributed by atoms with Gasteiger partial charge in [-0.3, -0.25) is 0 Å². The standard InChI is InChI=1S/C23H21ClN2O2S/c1-16-11-19(24)8-9-20(16)25-23(29)26(13-17-5-3-2-4-6-17)14-18-7-10-21-22(12-18)28-15-27-21/h2-12H,13-15H2,1H3,(H,25,29). The molecule has 0 bridgehead atoms. The Morgan fingerprint density at radius 3 is 2.52 bits per heavy atom. The van der Waals surface area contributed by atoms with E-state index in [2.05, 4.69) is 22.3 Å². The summed E-state index contributed by atoms with van der Waals surface area (Å²) in [5, 5.41) is 4.73. The second kappa shape index (κ2) is 8.72. The first-order chi connectivity index (χ1) is 14.1. The summed E-state index contributed by atoms with van der Waals surface area (Å²) >= 11 is 11.9. The average molecular weight is 425 g/mol. The molecule has 0 spiro atoms. The van der Waals surface area contributed by atoms with Crippen LogP contribution in [0, 0.1) is 6.92 Å². The van der Waals surface area contributed by atoms with Crippen molar-refractivity contribution in [3.63, 3.8) is 0 Å². The summed E-state index contributed by atoms with van der Waals surface area (Å²) in [6.45, 7) is 3.61. The zero-order valence-electron chi connectivity index (χ0n) is 16.0. The van der Waals surface area contributed by atoms with Crippen molar-refractivity contribution in [1.29, 1.82) is 0 Å². The number of rotatable bonds is 5. The largest absolute Gasteiger partial charge is 0.454 e. The fourth-order valence-corrected chi connectivity index (χ4v) is 3.69. The van der Waals surface area contributed by atoms with Gasteiger partial charge in [0.15, 0.2) is 16.6 Å². The Morgan fingerprint density at radius 2 is 1.72 bits per heavy atom. The maximum atomic E-state index is 6.08. The van der Waals surface area contributed by atoms with Crippen LogP contribution in [0.3, 0.4) is 0 Å². The predicted molar refractivity (Wildman–Crippen MR) is 121 cm³/mol. The van der Waals surface area contributed by atoms with Gasteiger partial charge in [0.25, 0.3) is 0 Å². The van der Waals surface area contributed by atoms with Crippen LogP contribution in [0.5, 0.6) is 11.5 Å². The third-order valence-corrected chi connectivity index (χ3v) is 5.34. The molecule has 0 atom stereocenters. The summed E-state index contributed by atoms with van der Waals surface area (Å²) in [4.78, 5) is 2.14. The van der Waals surface area contributed by atoms with Crippen LogP contribution in [0.4, 0.5) is 5.69 Å². The van der Waals surface area contributed by atoms with E-state index in [1.807, 2.05) is 61.5 Å². The van der Waals surface area contributed by atoms with Gasteiger partial charge in [-0.05, 0) is 66.2 Å². The van der Waals surface area contributed by atoms with E-state index in [1.165, 1.54) is 5.56 Å². The number of aryl methyl sites for hydroxylation is 1. The van der Waals surface area contributed by atoms with Crippen molar-refractivity contribution < 1.29 is 9.47 Å². The molecule has 3 aromatic rings. The minimum Gasteiger partial charge on any atom is -0.454 e. The fraction of sp³-hybridized carbons (Fsp3) is 0.174. The molecule has 1 aliphatic rings. The molecule has 0 saturated heterocycles. The van der Waals surface area contributed by atoms with Gasteiger partial charge in [0.1, 0.15) is 0 Å². The molecule has 0 radical (unpaired) electrons. The van der Waals surface area contributed by atoms with Crippen LogP contribution in [0.15, 0.2) is 66.7 Å². The van der Waals surface area contributed by atoms with Crippen LogP contribution in [0.2, 0.25) is 5.02 Å². The number of hydrogen-bond acceptors (Lipinski definition) is 3. The minimum atomic E-state index is 0.266. The summed E-state index contributed by atoms with van der Waals surface area (Å²) in [6.07, 6.45) is 0. The van der Waals surface area contributed by atoms with Gasteiger partial charge in [-0.25, -0.2) is 0 Å². The Bertz CT molecular complexity index is 1030. The van der Waals surface area contributed by atoms with E-state index in [1.54, 1.807) is 0 Å². The second-order valence-corrected chi connectivity index (χ2v) is 7.74. The Morgan fingerprint density at radius 1 is 0.966 bits per heavy atom. The third kappa shape index (κ3) is 4.81. The molecule has 148 valence electrons. The summed E-state index contributed by atoms with van der Waals surface area (Å²) < 4.78 is 10.9. The van der Waals surface area contributed by atoms with E-state index in [9.17, 15) is 0 Å². The molecule has 0 aromatic heterocycles. The molecule has 0 fully saturated rings. The second-order valence-electron chi connectivity index (χ2n) is 6.92. The van der Waals surface area contributed by atoms with Gasteiger partial charge < -0.3 is 19.7 Å². The normalized spacial score (nSPS) is 11.9. The molecule has 0 saturated carbocycles. The lowest BCUT2D eigenvalue weighted by molar-refractivity contribution is 0.174. The highest BCUT2D eigenvalue weighted by Crippen LogP contribution is 2.33. The SMILES string of the molecule is Cc1cc(Cl)ccc1NC(=S)N(Cc1ccccc1)Cc1ccc2c(c1)OCO2. The van der Waals surface area contributed by atoms with Crippen molar-refractivity contribution in [1.82, 2.24) is 4.90 Å². The van der Waals surface area contributed by atoms with Crippen molar-refractivity contribution in [2.24, 2.45) is 0 Å². The summed E-state index contributed by atoms with van der Waals surface area (Å²) in [7, 11) is 0. The Kier molecular flexibility index (Phi) is 5.88. The monoisotopic (exact) mass is 424 g/mol. The first kappa shape index (κ1) is 19.6. The van der Waals surface area contributed by atoms with E-state index < -0.39 is 0 Å². The molecule has 4 rings (SSSR count). The van der Waals surface area contributed by atoms with E-state index in [0.717, 1.165) is 28.3 Å². The van der Waals surface area contributed by atoms with E-state index >= 15 is 0 Å². The van der Waals surface area contributed by atoms with Crippen molar-refractivity contribution in [2.45, 2.75) is 20.0 Å². The summed E-state index contributed by atoms with van der Waals surface area (Å²) in [5.74, 6) is 1.55. The smallest absolute Gasteiger partial charge is 0.231 e. The number of fused-ring (bicyclic) bond motifs is 1. The lowest BCUT2D eigenvalue weighted by atomic mass is 10.1. The number of benzene rings is 3. The molecule has 4 nitrogen and oxygen atoms in total. The first-order valence-corrected chi connectivity index (χ1v) is 10.1. The molecular formula is C23H21ClN2O2S. The first-order valence-electron chi connectivity index (χ1n) is 9.33. The van der Waals surface area contributed by atoms with Crippen molar-refractivity contribution in [3.05, 3.63) is 88.4 Å². The zero-order valence-corrected chi connectivity index (χ0v) is 17.6. The Balaban J connectivity index is 1.56. The number of thiocarbonyl (C=S) groups is 1. The highest BCUT2D eigenvalue weighted by atomic mass is 35.5. The van der Waals surface area contributed by atoms with Crippen LogP contribution in [-0.4, -0.2) is 16.8 Å². The van der Waals surface area contributed by atoms with E-state index in [4.69, 9.17) is 33.3 Å². The number of halogens is 1. The number of nitrogens with one attached hydrogen (secondary N) is 1. The zero-order chi connectivity index (χ0) is 20.2. The lowest BCUT2D eigenvalue weighted by Gasteiger charge is -2.27. The number of nitrogens with zero attached hydrogens (tertiary/aromatic N) is 1. The maximum Gasteiger partial charge on any atom is 0.231 e. The van der Waals surface area contributed by atoms with Crippen molar-refractivity contribution in [3.8, 4) is 11.5 Å². The van der Waals surface area contributed by atoms with Gasteiger partial charge in [0, 0.05) is 23.8 Å². The number of hydrogen-bond donors (Lipinski definition) is 1. The van der Waals surface area contributed by atoms with Gasteiger partial charge in [-0.2, -0.15) is 0 Å². The average Bonchev–Trinajstić information content (AvgIpc) is 3.18. The van der Waals surface area contributed by atoms with Crippen LogP contribution >= 0.6 is 23.8 Å².